The van der Waals surface area contributed by atoms with Gasteiger partial charge in [0.05, 0.1) is 0 Å². The second-order valence-electron chi connectivity index (χ2n) is 6.03. The van der Waals surface area contributed by atoms with Gasteiger partial charge in [0, 0.05) is 23.7 Å². The van der Waals surface area contributed by atoms with E-state index in [0.29, 0.717) is 12.5 Å². The van der Waals surface area contributed by atoms with E-state index in [9.17, 15) is 13.2 Å². The van der Waals surface area contributed by atoms with Crippen LogP contribution in [0.5, 0.6) is 0 Å². The van der Waals surface area contributed by atoms with Crippen molar-refractivity contribution in [2.75, 3.05) is 6.54 Å². The van der Waals surface area contributed by atoms with Crippen LogP contribution in [0.25, 0.3) is 0 Å². The number of benzene rings is 1. The molecule has 118 valence electrons. The van der Waals surface area contributed by atoms with E-state index >= 15 is 0 Å². The summed E-state index contributed by atoms with van der Waals surface area (Å²) in [5, 5.41) is 3.23. The molecular formula is C17H24F3N. The third-order valence-corrected chi connectivity index (χ3v) is 4.33. The molecule has 0 aliphatic heterocycles. The summed E-state index contributed by atoms with van der Waals surface area (Å²) in [6.45, 7) is 2.72. The first-order valence-electron chi connectivity index (χ1n) is 7.99. The van der Waals surface area contributed by atoms with Gasteiger partial charge in [0.2, 0.25) is 0 Å². The largest absolute Gasteiger partial charge is 0.310 e. The zero-order chi connectivity index (χ0) is 15.2. The summed E-state index contributed by atoms with van der Waals surface area (Å²) in [7, 11) is 0. The van der Waals surface area contributed by atoms with Crippen LogP contribution in [0.1, 0.15) is 63.5 Å². The highest BCUT2D eigenvalue weighted by Gasteiger charge is 2.25. The van der Waals surface area contributed by atoms with Crippen LogP contribution in [0, 0.1) is 23.4 Å². The van der Waals surface area contributed by atoms with Crippen molar-refractivity contribution in [1.82, 2.24) is 5.32 Å². The van der Waals surface area contributed by atoms with Crippen LogP contribution < -0.4 is 5.32 Å². The van der Waals surface area contributed by atoms with Gasteiger partial charge in [-0.15, -0.1) is 0 Å². The van der Waals surface area contributed by atoms with E-state index in [0.717, 1.165) is 37.8 Å². The van der Waals surface area contributed by atoms with Gasteiger partial charge in [-0.2, -0.15) is 0 Å². The smallest absolute Gasteiger partial charge is 0.133 e. The molecule has 1 N–H and O–H groups in total. The molecule has 1 nitrogen and oxygen atoms in total. The van der Waals surface area contributed by atoms with Crippen molar-refractivity contribution >= 4 is 0 Å². The first-order valence-corrected chi connectivity index (χ1v) is 7.99. The van der Waals surface area contributed by atoms with Gasteiger partial charge in [-0.3, -0.25) is 0 Å². The summed E-state index contributed by atoms with van der Waals surface area (Å²) in [5.74, 6) is -1.92. The fourth-order valence-electron chi connectivity index (χ4n) is 3.26. The Balaban J connectivity index is 2.18. The Kier molecular flexibility index (Phi) is 6.09. The summed E-state index contributed by atoms with van der Waals surface area (Å²) < 4.78 is 41.1. The first kappa shape index (κ1) is 16.3. The van der Waals surface area contributed by atoms with Gasteiger partial charge >= 0.3 is 0 Å². The summed E-state index contributed by atoms with van der Waals surface area (Å²) >= 11 is 0. The second-order valence-corrected chi connectivity index (χ2v) is 6.03. The molecule has 0 bridgehead atoms. The highest BCUT2D eigenvalue weighted by Crippen LogP contribution is 2.33. The second kappa shape index (κ2) is 7.83. The van der Waals surface area contributed by atoms with E-state index in [1.165, 1.54) is 19.3 Å². The van der Waals surface area contributed by atoms with E-state index in [-0.39, 0.29) is 11.6 Å². The maximum atomic E-state index is 14.0. The number of nitrogens with one attached hydrogen (secondary N) is 1. The van der Waals surface area contributed by atoms with Crippen LogP contribution in [-0.2, 0) is 0 Å². The van der Waals surface area contributed by atoms with Gasteiger partial charge in [-0.25, -0.2) is 13.2 Å². The van der Waals surface area contributed by atoms with Gasteiger partial charge in [0.1, 0.15) is 17.5 Å². The van der Waals surface area contributed by atoms with Gasteiger partial charge in [-0.1, -0.05) is 39.0 Å². The van der Waals surface area contributed by atoms with Crippen molar-refractivity contribution < 1.29 is 13.2 Å². The molecule has 0 heterocycles. The molecule has 1 fully saturated rings. The van der Waals surface area contributed by atoms with Crippen molar-refractivity contribution in [2.45, 2.75) is 57.9 Å². The van der Waals surface area contributed by atoms with E-state index in [2.05, 4.69) is 5.32 Å². The maximum Gasteiger partial charge on any atom is 0.133 e. The lowest BCUT2D eigenvalue weighted by atomic mass is 9.83. The third kappa shape index (κ3) is 4.47. The number of rotatable bonds is 6. The minimum absolute atomic E-state index is 0.00424. The van der Waals surface area contributed by atoms with Crippen LogP contribution in [0.4, 0.5) is 13.2 Å². The lowest BCUT2D eigenvalue weighted by molar-refractivity contribution is 0.293. The molecule has 0 saturated heterocycles. The Morgan fingerprint density at radius 3 is 2.29 bits per heavy atom. The monoisotopic (exact) mass is 299 g/mol. The average Bonchev–Trinajstić information content (AvgIpc) is 2.44. The molecule has 0 spiro atoms. The maximum absolute atomic E-state index is 14.0. The Morgan fingerprint density at radius 2 is 1.71 bits per heavy atom. The molecular weight excluding hydrogens is 275 g/mol. The van der Waals surface area contributed by atoms with E-state index in [4.69, 9.17) is 0 Å². The molecule has 0 amide bonds. The van der Waals surface area contributed by atoms with Gasteiger partial charge < -0.3 is 5.32 Å². The van der Waals surface area contributed by atoms with Crippen molar-refractivity contribution in [3.05, 3.63) is 35.1 Å². The van der Waals surface area contributed by atoms with Crippen LogP contribution >= 0.6 is 0 Å². The Labute approximate surface area is 124 Å². The van der Waals surface area contributed by atoms with E-state index in [1.54, 1.807) is 0 Å². The zero-order valence-electron chi connectivity index (χ0n) is 12.6. The molecule has 1 atom stereocenters. The quantitative estimate of drug-likeness (QED) is 0.769. The molecule has 2 rings (SSSR count). The molecule has 1 aliphatic carbocycles. The predicted molar refractivity (Wildman–Crippen MR) is 78.5 cm³/mol. The first-order chi connectivity index (χ1) is 10.1. The summed E-state index contributed by atoms with van der Waals surface area (Å²) in [5.41, 5.74) is -0.00424. The van der Waals surface area contributed by atoms with Crippen molar-refractivity contribution in [3.63, 3.8) is 0 Å². The number of hydrogen-bond donors (Lipinski definition) is 1. The number of hydrogen-bond acceptors (Lipinski definition) is 1. The third-order valence-electron chi connectivity index (χ3n) is 4.33. The summed E-state index contributed by atoms with van der Waals surface area (Å²) in [6, 6.07) is 1.19. The van der Waals surface area contributed by atoms with Crippen molar-refractivity contribution in [2.24, 2.45) is 5.92 Å². The van der Waals surface area contributed by atoms with Gasteiger partial charge in [-0.05, 0) is 25.3 Å². The molecule has 21 heavy (non-hydrogen) atoms. The molecule has 1 saturated carbocycles. The lowest BCUT2D eigenvalue weighted by Gasteiger charge is -2.28. The van der Waals surface area contributed by atoms with E-state index in [1.807, 2.05) is 6.92 Å². The minimum atomic E-state index is -0.861. The Hall–Kier alpha value is -1.03. The minimum Gasteiger partial charge on any atom is -0.310 e. The highest BCUT2D eigenvalue weighted by atomic mass is 19.1. The molecule has 0 aromatic heterocycles. The predicted octanol–water partition coefficient (Wildman–Crippen LogP) is 5.12. The van der Waals surface area contributed by atoms with Crippen LogP contribution in [-0.4, -0.2) is 6.54 Å². The van der Waals surface area contributed by atoms with Crippen LogP contribution in [0.3, 0.4) is 0 Å². The summed E-state index contributed by atoms with van der Waals surface area (Å²) in [4.78, 5) is 0. The SMILES string of the molecule is CCCNC(CC1CCCCC1)c1c(F)cc(F)cc1F. The Morgan fingerprint density at radius 1 is 1.10 bits per heavy atom. The molecule has 1 aliphatic rings. The molecule has 4 heteroatoms. The highest BCUT2D eigenvalue weighted by molar-refractivity contribution is 5.24. The standard InChI is InChI=1S/C17H24F3N/c1-2-8-21-16(9-12-6-4-3-5-7-12)17-14(19)10-13(18)11-15(17)20/h10-12,16,21H,2-9H2,1H3. The van der Waals surface area contributed by atoms with Gasteiger partial charge in [0.15, 0.2) is 0 Å². The molecule has 1 aromatic carbocycles. The van der Waals surface area contributed by atoms with E-state index < -0.39 is 17.5 Å². The fourth-order valence-corrected chi connectivity index (χ4v) is 3.26. The zero-order valence-corrected chi connectivity index (χ0v) is 12.6. The number of halogens is 3. The lowest BCUT2D eigenvalue weighted by Crippen LogP contribution is -2.27. The Bertz CT molecular complexity index is 432. The molecule has 1 aromatic rings. The van der Waals surface area contributed by atoms with Gasteiger partial charge in [0.25, 0.3) is 0 Å². The molecule has 1 unspecified atom stereocenters. The van der Waals surface area contributed by atoms with Crippen molar-refractivity contribution in [1.29, 1.82) is 0 Å². The summed E-state index contributed by atoms with van der Waals surface area (Å²) in [6.07, 6.45) is 7.50. The van der Waals surface area contributed by atoms with Crippen molar-refractivity contribution in [3.8, 4) is 0 Å². The molecule has 0 radical (unpaired) electrons. The average molecular weight is 299 g/mol. The topological polar surface area (TPSA) is 12.0 Å². The van der Waals surface area contributed by atoms with Crippen LogP contribution in [0.15, 0.2) is 12.1 Å². The fraction of sp³-hybridized carbons (Fsp3) is 0.647. The normalized spacial score (nSPS) is 17.9. The van der Waals surface area contributed by atoms with Crippen LogP contribution in [0.2, 0.25) is 0 Å².